The van der Waals surface area contributed by atoms with Gasteiger partial charge in [0.05, 0.1) is 10.1 Å². The van der Waals surface area contributed by atoms with Gasteiger partial charge in [-0.15, -0.1) is 0 Å². The van der Waals surface area contributed by atoms with Crippen LogP contribution >= 0.6 is 15.9 Å². The SMILES string of the molecule is CC(C(Br)c1ccc(Oc2ccccc2)cc1)S(C)(=O)=O. The molecule has 0 saturated heterocycles. The normalized spacial score (nSPS) is 14.4. The molecule has 2 aromatic rings. The second-order valence-corrected chi connectivity index (χ2v) is 8.31. The van der Waals surface area contributed by atoms with Crippen molar-refractivity contribution < 1.29 is 13.2 Å². The van der Waals surface area contributed by atoms with Gasteiger partial charge in [0.25, 0.3) is 0 Å². The summed E-state index contributed by atoms with van der Waals surface area (Å²) in [5.74, 6) is 1.49. The number of sulfone groups is 1. The second-order valence-electron chi connectivity index (χ2n) is 4.92. The number of ether oxygens (including phenoxy) is 1. The lowest BCUT2D eigenvalue weighted by Gasteiger charge is -2.17. The zero-order valence-corrected chi connectivity index (χ0v) is 14.3. The number of hydrogen-bond acceptors (Lipinski definition) is 3. The molecule has 3 nitrogen and oxygen atoms in total. The first-order valence-corrected chi connectivity index (χ1v) is 9.41. The van der Waals surface area contributed by atoms with E-state index in [-0.39, 0.29) is 4.83 Å². The average Bonchev–Trinajstić information content (AvgIpc) is 2.46. The summed E-state index contributed by atoms with van der Waals surface area (Å²) < 4.78 is 28.9. The molecule has 2 rings (SSSR count). The Bertz CT molecular complexity index is 681. The number of benzene rings is 2. The number of halogens is 1. The molecular formula is C16H17BrO3S. The van der Waals surface area contributed by atoms with Gasteiger partial charge in [-0.3, -0.25) is 0 Å². The summed E-state index contributed by atoms with van der Waals surface area (Å²) in [5.41, 5.74) is 0.910. The standard InChI is InChI=1S/C16H17BrO3S/c1-12(21(2,18)19)16(17)13-8-10-15(11-9-13)20-14-6-4-3-5-7-14/h3-12,16H,1-2H3. The van der Waals surface area contributed by atoms with E-state index < -0.39 is 15.1 Å². The molecular weight excluding hydrogens is 352 g/mol. The van der Waals surface area contributed by atoms with E-state index in [1.807, 2.05) is 54.6 Å². The Morgan fingerprint density at radius 1 is 0.952 bits per heavy atom. The predicted molar refractivity (Wildman–Crippen MR) is 88.9 cm³/mol. The number of alkyl halides is 1. The second kappa shape index (κ2) is 6.62. The van der Waals surface area contributed by atoms with E-state index in [4.69, 9.17) is 4.74 Å². The van der Waals surface area contributed by atoms with Crippen LogP contribution in [-0.2, 0) is 9.84 Å². The zero-order valence-electron chi connectivity index (χ0n) is 11.9. The van der Waals surface area contributed by atoms with Crippen LogP contribution in [0, 0.1) is 0 Å². The van der Waals surface area contributed by atoms with Crippen molar-refractivity contribution in [2.75, 3.05) is 6.26 Å². The van der Waals surface area contributed by atoms with Gasteiger partial charge < -0.3 is 4.74 Å². The largest absolute Gasteiger partial charge is 0.457 e. The number of rotatable bonds is 5. The fraction of sp³-hybridized carbons (Fsp3) is 0.250. The minimum absolute atomic E-state index is 0.238. The van der Waals surface area contributed by atoms with Crippen LogP contribution in [0.15, 0.2) is 54.6 Å². The molecule has 0 radical (unpaired) electrons. The molecule has 0 heterocycles. The molecule has 112 valence electrons. The van der Waals surface area contributed by atoms with E-state index in [9.17, 15) is 8.42 Å². The van der Waals surface area contributed by atoms with Crippen molar-refractivity contribution in [3.63, 3.8) is 0 Å². The lowest BCUT2D eigenvalue weighted by atomic mass is 10.1. The Morgan fingerprint density at radius 3 is 2.00 bits per heavy atom. The third-order valence-corrected chi connectivity index (χ3v) is 6.56. The quantitative estimate of drug-likeness (QED) is 0.736. The van der Waals surface area contributed by atoms with Crippen LogP contribution in [0.2, 0.25) is 0 Å². The summed E-state index contributed by atoms with van der Waals surface area (Å²) in [6.07, 6.45) is 1.25. The van der Waals surface area contributed by atoms with Gasteiger partial charge >= 0.3 is 0 Å². The summed E-state index contributed by atoms with van der Waals surface area (Å²) in [7, 11) is -3.09. The molecule has 2 aromatic carbocycles. The van der Waals surface area contributed by atoms with Gasteiger partial charge in [0, 0.05) is 6.26 Å². The highest BCUT2D eigenvalue weighted by Crippen LogP contribution is 2.32. The average molecular weight is 369 g/mol. The molecule has 0 aliphatic carbocycles. The molecule has 2 atom stereocenters. The molecule has 0 saturated carbocycles. The molecule has 0 aromatic heterocycles. The summed E-state index contributed by atoms with van der Waals surface area (Å²) >= 11 is 3.46. The van der Waals surface area contributed by atoms with E-state index in [0.29, 0.717) is 0 Å². The van der Waals surface area contributed by atoms with Gasteiger partial charge in [0.15, 0.2) is 9.84 Å². The fourth-order valence-electron chi connectivity index (χ4n) is 1.83. The van der Waals surface area contributed by atoms with Crippen LogP contribution in [-0.4, -0.2) is 19.9 Å². The highest BCUT2D eigenvalue weighted by Gasteiger charge is 2.24. The third-order valence-electron chi connectivity index (χ3n) is 3.26. The predicted octanol–water partition coefficient (Wildman–Crippen LogP) is 4.35. The van der Waals surface area contributed by atoms with Crippen LogP contribution in [0.1, 0.15) is 17.3 Å². The van der Waals surface area contributed by atoms with Gasteiger partial charge in [-0.25, -0.2) is 8.42 Å². The van der Waals surface area contributed by atoms with E-state index >= 15 is 0 Å². The summed E-state index contributed by atoms with van der Waals surface area (Å²) in [4.78, 5) is -0.238. The summed E-state index contributed by atoms with van der Waals surface area (Å²) in [6, 6.07) is 16.9. The highest BCUT2D eigenvalue weighted by atomic mass is 79.9. The van der Waals surface area contributed by atoms with E-state index in [1.165, 1.54) is 6.26 Å². The first-order valence-electron chi connectivity index (χ1n) is 6.54. The number of para-hydroxylation sites is 1. The van der Waals surface area contributed by atoms with Crippen LogP contribution in [0.3, 0.4) is 0 Å². The Labute approximate surface area is 134 Å². The Balaban J connectivity index is 2.12. The topological polar surface area (TPSA) is 43.4 Å². The molecule has 5 heteroatoms. The molecule has 0 amide bonds. The first-order chi connectivity index (χ1) is 9.88. The minimum atomic E-state index is -3.09. The zero-order chi connectivity index (χ0) is 15.5. The van der Waals surface area contributed by atoms with Gasteiger partial charge in [0.1, 0.15) is 11.5 Å². The van der Waals surface area contributed by atoms with E-state index in [2.05, 4.69) is 15.9 Å². The van der Waals surface area contributed by atoms with Crippen LogP contribution in [0.25, 0.3) is 0 Å². The maximum atomic E-state index is 11.6. The van der Waals surface area contributed by atoms with Gasteiger partial charge in [-0.2, -0.15) is 0 Å². The molecule has 21 heavy (non-hydrogen) atoms. The Kier molecular flexibility index (Phi) is 5.06. The van der Waals surface area contributed by atoms with Gasteiger partial charge in [-0.05, 0) is 36.8 Å². The van der Waals surface area contributed by atoms with Crippen LogP contribution < -0.4 is 4.74 Å². The fourth-order valence-corrected chi connectivity index (χ4v) is 3.90. The Hall–Kier alpha value is -1.33. The summed E-state index contributed by atoms with van der Waals surface area (Å²) in [6.45, 7) is 1.70. The molecule has 0 aliphatic heterocycles. The summed E-state index contributed by atoms with van der Waals surface area (Å²) in [5, 5.41) is -0.488. The lowest BCUT2D eigenvalue weighted by molar-refractivity contribution is 0.482. The van der Waals surface area contributed by atoms with Crippen LogP contribution in [0.5, 0.6) is 11.5 Å². The van der Waals surface area contributed by atoms with Crippen molar-refractivity contribution >= 4 is 25.8 Å². The van der Waals surface area contributed by atoms with Crippen molar-refractivity contribution in [1.82, 2.24) is 0 Å². The van der Waals surface area contributed by atoms with Gasteiger partial charge in [0.2, 0.25) is 0 Å². The Morgan fingerprint density at radius 2 is 1.48 bits per heavy atom. The van der Waals surface area contributed by atoms with E-state index in [0.717, 1.165) is 17.1 Å². The lowest BCUT2D eigenvalue weighted by Crippen LogP contribution is -2.20. The molecule has 0 fully saturated rings. The van der Waals surface area contributed by atoms with Crippen molar-refractivity contribution in [1.29, 1.82) is 0 Å². The monoisotopic (exact) mass is 368 g/mol. The minimum Gasteiger partial charge on any atom is -0.457 e. The van der Waals surface area contributed by atoms with E-state index in [1.54, 1.807) is 6.92 Å². The molecule has 2 unspecified atom stereocenters. The molecule has 0 spiro atoms. The number of hydrogen-bond donors (Lipinski definition) is 0. The van der Waals surface area contributed by atoms with Gasteiger partial charge in [-0.1, -0.05) is 46.3 Å². The van der Waals surface area contributed by atoms with Crippen molar-refractivity contribution in [2.24, 2.45) is 0 Å². The maximum Gasteiger partial charge on any atom is 0.151 e. The molecule has 0 aliphatic rings. The molecule has 0 bridgehead atoms. The molecule has 0 N–H and O–H groups in total. The van der Waals surface area contributed by atoms with Crippen LogP contribution in [0.4, 0.5) is 0 Å². The first kappa shape index (κ1) is 16.0. The smallest absolute Gasteiger partial charge is 0.151 e. The highest BCUT2D eigenvalue weighted by molar-refractivity contribution is 9.09. The maximum absolute atomic E-state index is 11.6. The van der Waals surface area contributed by atoms with Crippen molar-refractivity contribution in [3.05, 3.63) is 60.2 Å². The van der Waals surface area contributed by atoms with Crippen molar-refractivity contribution in [2.45, 2.75) is 17.0 Å². The van der Waals surface area contributed by atoms with Crippen molar-refractivity contribution in [3.8, 4) is 11.5 Å². The third kappa shape index (κ3) is 4.32.